The summed E-state index contributed by atoms with van der Waals surface area (Å²) in [4.78, 5) is 0. The van der Waals surface area contributed by atoms with E-state index in [2.05, 4.69) is 18.3 Å². The van der Waals surface area contributed by atoms with Crippen molar-refractivity contribution in [2.75, 3.05) is 16.0 Å². The van der Waals surface area contributed by atoms with Crippen molar-refractivity contribution in [3.63, 3.8) is 0 Å². The predicted molar refractivity (Wildman–Crippen MR) is 266 cm³/mol. The fraction of sp³-hybridized carbons (Fsp3) is 0.200. The molecule has 0 fully saturated rings. The number of halogens is 16. The van der Waals surface area contributed by atoms with E-state index in [0.717, 1.165) is 50.1 Å². The zero-order chi connectivity index (χ0) is 51.3. The summed E-state index contributed by atoms with van der Waals surface area (Å²) in [6, 6.07) is 17.5. The Hall–Kier alpha value is -3.85. The van der Waals surface area contributed by atoms with Gasteiger partial charge in [-0.2, -0.15) is 5.46 Å². The van der Waals surface area contributed by atoms with Crippen LogP contribution in [0.15, 0.2) is 72.8 Å². The Bertz CT molecular complexity index is 2980. The lowest BCUT2D eigenvalue weighted by Gasteiger charge is -2.40. The van der Waals surface area contributed by atoms with E-state index in [1.807, 2.05) is 71.9 Å². The fourth-order valence-corrected chi connectivity index (χ4v) is 12.5. The molecule has 360 valence electrons. The van der Waals surface area contributed by atoms with Crippen molar-refractivity contribution in [1.82, 2.24) is 0 Å². The normalized spacial score (nSPS) is 11.1. The van der Waals surface area contributed by atoms with Crippen LogP contribution >= 0.6 is 77.5 Å². The third-order valence-electron chi connectivity index (χ3n) is 11.1. The number of allylic oxidation sites excluding steroid dienone is 1. The highest BCUT2D eigenvalue weighted by Crippen LogP contribution is 2.40. The maximum Gasteiger partial charge on any atom is 0.200 e. The first-order valence-corrected chi connectivity index (χ1v) is 24.8. The summed E-state index contributed by atoms with van der Waals surface area (Å²) in [5.74, 6) is -20.8. The maximum absolute atomic E-state index is 16.5. The number of benzene rings is 6. The molecule has 0 saturated carbocycles. The van der Waals surface area contributed by atoms with E-state index < -0.39 is 88.6 Å². The molecule has 0 N–H and O–H groups in total. The minimum atomic E-state index is -4.67. The van der Waals surface area contributed by atoms with Crippen LogP contribution in [0.5, 0.6) is 0 Å². The largest absolute Gasteiger partial charge is 0.292 e. The van der Waals surface area contributed by atoms with Gasteiger partial charge in [0.15, 0.2) is 41.0 Å². The first-order chi connectivity index (χ1) is 32.0. The summed E-state index contributed by atoms with van der Waals surface area (Å²) < 4.78 is 157. The highest BCUT2D eigenvalue weighted by molar-refractivity contribution is 7.80. The molecule has 6 aromatic rings. The van der Waals surface area contributed by atoms with Crippen molar-refractivity contribution in [3.8, 4) is 11.7 Å². The van der Waals surface area contributed by atoms with E-state index in [4.69, 9.17) is 69.6 Å². The van der Waals surface area contributed by atoms with E-state index in [-0.39, 0.29) is 26.8 Å². The van der Waals surface area contributed by atoms with Gasteiger partial charge in [-0.05, 0) is 98.0 Å². The lowest BCUT2D eigenvalue weighted by atomic mass is 9.15. The Morgan fingerprint density at radius 1 is 0.500 bits per heavy atom. The Balaban J connectivity index is 0.00000104. The van der Waals surface area contributed by atoms with Crippen LogP contribution in [0.3, 0.4) is 0 Å². The molecule has 18 heteroatoms. The summed E-state index contributed by atoms with van der Waals surface area (Å²) in [7, 11) is -2.14. The smallest absolute Gasteiger partial charge is 0.200 e. The van der Waals surface area contributed by atoms with E-state index in [1.54, 1.807) is 18.2 Å². The molecular formula is C50H40BCl6F10P. The van der Waals surface area contributed by atoms with Crippen LogP contribution in [0.25, 0.3) is 0 Å². The van der Waals surface area contributed by atoms with Crippen LogP contribution in [-0.4, -0.2) is 22.2 Å². The number of aryl methyl sites for hydroxylation is 6. The van der Waals surface area contributed by atoms with E-state index >= 15 is 35.1 Å². The lowest BCUT2D eigenvalue weighted by molar-refractivity contribution is 0.382. The van der Waals surface area contributed by atoms with Gasteiger partial charge in [0, 0.05) is 5.22 Å². The minimum absolute atomic E-state index is 0.0364. The Labute approximate surface area is 418 Å². The quantitative estimate of drug-likeness (QED) is 0.0296. The van der Waals surface area contributed by atoms with E-state index in [0.29, 0.717) is 21.0 Å². The average Bonchev–Trinajstić information content (AvgIpc) is 3.26. The molecule has 7 rings (SSSR count). The van der Waals surface area contributed by atoms with E-state index in [1.165, 1.54) is 13.0 Å². The zero-order valence-corrected chi connectivity index (χ0v) is 42.8. The maximum atomic E-state index is 16.5. The summed E-state index contributed by atoms with van der Waals surface area (Å²) in [5.41, 5.74) is 1.42. The third-order valence-corrected chi connectivity index (χ3v) is 14.7. The first kappa shape index (κ1) is 56.7. The molecule has 68 heavy (non-hydrogen) atoms. The van der Waals surface area contributed by atoms with Gasteiger partial charge in [-0.1, -0.05) is 72.3 Å². The summed E-state index contributed by atoms with van der Waals surface area (Å²) in [5, 5.41) is 4.59. The van der Waals surface area contributed by atoms with Gasteiger partial charge in [-0.15, -0.1) is 86.5 Å². The van der Waals surface area contributed by atoms with Crippen molar-refractivity contribution in [2.24, 2.45) is 0 Å². The molecule has 0 bridgehead atoms. The number of rotatable bonds is 6. The molecule has 0 saturated heterocycles. The van der Waals surface area contributed by atoms with Crippen molar-refractivity contribution >= 4 is 116 Å². The van der Waals surface area contributed by atoms with Crippen molar-refractivity contribution in [1.29, 1.82) is 0 Å². The number of fused-ring (bicyclic) bond motifs is 2. The second kappa shape index (κ2) is 23.8. The highest BCUT2D eigenvalue weighted by Gasteiger charge is 2.45. The van der Waals surface area contributed by atoms with Gasteiger partial charge >= 0.3 is 0 Å². The average molecular weight is 1090 g/mol. The van der Waals surface area contributed by atoms with Crippen molar-refractivity contribution in [2.45, 2.75) is 48.5 Å². The molecule has 0 unspecified atom stereocenters. The number of hydrogen-bond donors (Lipinski definition) is 0. The molecule has 0 atom stereocenters. The standard InChI is InChI=1S/C47H33BF10P.3CH2Cl2/c1-21(2)15-16-48(34-36(49)40(53)44(57)41(54)37(34)50,35-38(51)42(55)45(58)43(56)39(35)52)30-13-9-11-28-29-12-10-14-31(33(29)32(28)30)59(46-24(5)17-22(3)18-25(46)6)47-26(7)19-23(4)20-27(47)8;3*2-1-3/h9-14,17-20H,1H2,2-8H3;3*1H2/q-1;;;/p+1. The molecule has 6 aromatic carbocycles. The minimum Gasteiger partial charge on any atom is -0.292 e. The van der Waals surface area contributed by atoms with Crippen molar-refractivity contribution in [3.05, 3.63) is 185 Å². The summed E-state index contributed by atoms with van der Waals surface area (Å²) in [6.07, 6.45) is -4.67. The van der Waals surface area contributed by atoms with Gasteiger partial charge in [-0.3, -0.25) is 5.82 Å². The van der Waals surface area contributed by atoms with Crippen LogP contribution in [0, 0.1) is 132 Å². The molecule has 0 spiro atoms. The summed E-state index contributed by atoms with van der Waals surface area (Å²) in [6.45, 7) is 16.7. The van der Waals surface area contributed by atoms with Crippen molar-refractivity contribution < 1.29 is 43.9 Å². The molecule has 0 nitrogen and oxygen atoms in total. The third kappa shape index (κ3) is 10.6. The SMILES string of the molecule is C=C(C)C#C[B-](c1c(F)c(F)c(F)c(F)c1F)(c1c(F)c(F)c(F)c(F)c1F)c1cccc2c1=c1c([PH+](c3c(C)cc(C)cc3C)c3c(C)cc(C)cc3C)cccc1=2.ClCCl.ClCCl.ClCCl. The molecule has 0 amide bonds. The highest BCUT2D eigenvalue weighted by atomic mass is 35.5. The lowest BCUT2D eigenvalue weighted by Crippen LogP contribution is -2.71. The van der Waals surface area contributed by atoms with Crippen LogP contribution in [0.1, 0.15) is 40.3 Å². The van der Waals surface area contributed by atoms with E-state index in [9.17, 15) is 8.78 Å². The molecular weight excluding hydrogens is 1050 g/mol. The monoisotopic (exact) mass is 1080 g/mol. The number of hydrogen-bond acceptors (Lipinski definition) is 0. The van der Waals surface area contributed by atoms with Gasteiger partial charge in [0.2, 0.25) is 0 Å². The molecule has 1 aliphatic rings. The molecule has 0 radical (unpaired) electrons. The van der Waals surface area contributed by atoms with Crippen LogP contribution in [0.4, 0.5) is 43.9 Å². The molecule has 0 aliphatic heterocycles. The Morgan fingerprint density at radius 2 is 0.809 bits per heavy atom. The Kier molecular flexibility index (Phi) is 19.9. The zero-order valence-electron chi connectivity index (χ0n) is 37.2. The second-order valence-corrected chi connectivity index (χ2v) is 20.3. The van der Waals surface area contributed by atoms with Gasteiger partial charge in [0.1, 0.15) is 47.1 Å². The second-order valence-electron chi connectivity index (χ2n) is 15.6. The number of alkyl halides is 6. The molecule has 0 heterocycles. The van der Waals surface area contributed by atoms with Gasteiger partial charge in [-0.25, -0.2) is 43.9 Å². The fourth-order valence-electron chi connectivity index (χ4n) is 9.08. The van der Waals surface area contributed by atoms with Crippen LogP contribution < -0.4 is 32.3 Å². The van der Waals surface area contributed by atoms with Gasteiger partial charge < -0.3 is 0 Å². The first-order valence-electron chi connectivity index (χ1n) is 20.0. The summed E-state index contributed by atoms with van der Waals surface area (Å²) >= 11 is 28.6. The van der Waals surface area contributed by atoms with Crippen LogP contribution in [0.2, 0.25) is 0 Å². The molecule has 0 aromatic heterocycles. The predicted octanol–water partition coefficient (Wildman–Crippen LogP) is 13.2. The van der Waals surface area contributed by atoms with Crippen LogP contribution in [-0.2, 0) is 0 Å². The van der Waals surface area contributed by atoms with Gasteiger partial charge in [0.25, 0.3) is 0 Å². The topological polar surface area (TPSA) is 0 Å². The van der Waals surface area contributed by atoms with Gasteiger partial charge in [0.05, 0.1) is 16.0 Å². The Morgan fingerprint density at radius 3 is 1.15 bits per heavy atom. The molecule has 1 aliphatic carbocycles.